The molecule has 4 nitrogen and oxygen atoms in total. The lowest BCUT2D eigenvalue weighted by atomic mass is 10.2. The minimum atomic E-state index is -0.164. The number of aromatic nitrogens is 2. The summed E-state index contributed by atoms with van der Waals surface area (Å²) in [6.45, 7) is 0. The van der Waals surface area contributed by atoms with Gasteiger partial charge in [-0.15, -0.1) is 11.8 Å². The van der Waals surface area contributed by atoms with Crippen molar-refractivity contribution in [3.8, 4) is 0 Å². The van der Waals surface area contributed by atoms with Crippen LogP contribution in [0.3, 0.4) is 0 Å². The van der Waals surface area contributed by atoms with E-state index in [4.69, 9.17) is 0 Å². The van der Waals surface area contributed by atoms with Gasteiger partial charge in [0.15, 0.2) is 0 Å². The van der Waals surface area contributed by atoms with Gasteiger partial charge in [0.2, 0.25) is 0 Å². The zero-order valence-corrected chi connectivity index (χ0v) is 10.9. The SMILES string of the molecule is COC(=O)CCCSc1ncnc2ccccc12. The van der Waals surface area contributed by atoms with Crippen molar-refractivity contribution in [2.45, 2.75) is 17.9 Å². The molecule has 0 radical (unpaired) electrons. The number of para-hydroxylation sites is 1. The summed E-state index contributed by atoms with van der Waals surface area (Å²) in [5, 5.41) is 2.02. The number of carbonyl (C=O) groups excluding carboxylic acids is 1. The van der Waals surface area contributed by atoms with E-state index < -0.39 is 0 Å². The Morgan fingerprint density at radius 1 is 1.33 bits per heavy atom. The molecule has 0 N–H and O–H groups in total. The van der Waals surface area contributed by atoms with E-state index in [0.29, 0.717) is 6.42 Å². The number of ether oxygens (including phenoxy) is 1. The fourth-order valence-electron chi connectivity index (χ4n) is 1.58. The number of carbonyl (C=O) groups is 1. The topological polar surface area (TPSA) is 52.1 Å². The molecule has 0 saturated heterocycles. The average Bonchev–Trinajstić information content (AvgIpc) is 2.43. The maximum absolute atomic E-state index is 11.0. The van der Waals surface area contributed by atoms with Gasteiger partial charge in [0.25, 0.3) is 0 Å². The van der Waals surface area contributed by atoms with Crippen LogP contribution in [0.2, 0.25) is 0 Å². The first kappa shape index (κ1) is 12.8. The Balaban J connectivity index is 1.97. The summed E-state index contributed by atoms with van der Waals surface area (Å²) in [4.78, 5) is 19.5. The van der Waals surface area contributed by atoms with Crippen molar-refractivity contribution in [1.82, 2.24) is 9.97 Å². The molecule has 0 bridgehead atoms. The van der Waals surface area contributed by atoms with Gasteiger partial charge in [-0.2, -0.15) is 0 Å². The first-order valence-electron chi connectivity index (χ1n) is 5.70. The maximum Gasteiger partial charge on any atom is 0.305 e. The minimum absolute atomic E-state index is 0.164. The quantitative estimate of drug-likeness (QED) is 0.359. The fourth-order valence-corrected chi connectivity index (χ4v) is 2.51. The van der Waals surface area contributed by atoms with Gasteiger partial charge in [0.05, 0.1) is 12.6 Å². The number of nitrogens with zero attached hydrogens (tertiary/aromatic N) is 2. The predicted octanol–water partition coefficient (Wildman–Crippen LogP) is 2.68. The molecule has 18 heavy (non-hydrogen) atoms. The summed E-state index contributed by atoms with van der Waals surface area (Å²) in [5.74, 6) is 0.680. The van der Waals surface area contributed by atoms with Crippen LogP contribution in [0, 0.1) is 0 Å². The molecule has 0 unspecified atom stereocenters. The van der Waals surface area contributed by atoms with Crippen LogP contribution in [0.1, 0.15) is 12.8 Å². The van der Waals surface area contributed by atoms with Gasteiger partial charge >= 0.3 is 5.97 Å². The van der Waals surface area contributed by atoms with Crippen LogP contribution in [0.5, 0.6) is 0 Å². The second kappa shape index (κ2) is 6.35. The van der Waals surface area contributed by atoms with Crippen molar-refractivity contribution >= 4 is 28.6 Å². The zero-order valence-electron chi connectivity index (χ0n) is 10.1. The summed E-state index contributed by atoms with van der Waals surface area (Å²) in [5.41, 5.74) is 0.947. The molecule has 94 valence electrons. The first-order valence-corrected chi connectivity index (χ1v) is 6.69. The third-order valence-corrected chi connectivity index (χ3v) is 3.59. The van der Waals surface area contributed by atoms with E-state index in [1.165, 1.54) is 7.11 Å². The highest BCUT2D eigenvalue weighted by molar-refractivity contribution is 7.99. The Hall–Kier alpha value is -1.62. The molecule has 1 aromatic heterocycles. The van der Waals surface area contributed by atoms with Crippen LogP contribution in [-0.4, -0.2) is 28.8 Å². The van der Waals surface area contributed by atoms with Crippen LogP contribution < -0.4 is 0 Å². The lowest BCUT2D eigenvalue weighted by molar-refractivity contribution is -0.140. The lowest BCUT2D eigenvalue weighted by Gasteiger charge is -2.04. The molecular formula is C13H14N2O2S. The molecule has 2 aromatic rings. The Labute approximate surface area is 110 Å². The predicted molar refractivity (Wildman–Crippen MR) is 71.5 cm³/mol. The third kappa shape index (κ3) is 3.20. The molecule has 0 aliphatic heterocycles. The number of thioether (sulfide) groups is 1. The van der Waals surface area contributed by atoms with Crippen molar-refractivity contribution < 1.29 is 9.53 Å². The van der Waals surface area contributed by atoms with E-state index >= 15 is 0 Å². The van der Waals surface area contributed by atoms with E-state index in [-0.39, 0.29) is 5.97 Å². The highest BCUT2D eigenvalue weighted by Crippen LogP contribution is 2.24. The van der Waals surface area contributed by atoms with Gasteiger partial charge in [-0.1, -0.05) is 18.2 Å². The lowest BCUT2D eigenvalue weighted by Crippen LogP contribution is -2.00. The second-order valence-corrected chi connectivity index (χ2v) is 4.81. The molecule has 0 aliphatic carbocycles. The number of benzene rings is 1. The highest BCUT2D eigenvalue weighted by atomic mass is 32.2. The molecule has 1 heterocycles. The van der Waals surface area contributed by atoms with Crippen LogP contribution in [0.25, 0.3) is 10.9 Å². The number of hydrogen-bond acceptors (Lipinski definition) is 5. The Bertz CT molecular complexity index is 540. The molecule has 0 saturated carbocycles. The Morgan fingerprint density at radius 2 is 2.17 bits per heavy atom. The molecule has 0 spiro atoms. The molecule has 1 aromatic carbocycles. The Kier molecular flexibility index (Phi) is 4.52. The number of rotatable bonds is 5. The standard InChI is InChI=1S/C13H14N2O2S/c1-17-12(16)7-4-8-18-13-10-5-2-3-6-11(10)14-9-15-13/h2-3,5-6,9H,4,7-8H2,1H3. The van der Waals surface area contributed by atoms with Crippen LogP contribution in [0.4, 0.5) is 0 Å². The Morgan fingerprint density at radius 3 is 3.00 bits per heavy atom. The van der Waals surface area contributed by atoms with Crippen molar-refractivity contribution in [3.05, 3.63) is 30.6 Å². The normalized spacial score (nSPS) is 10.5. The molecule has 5 heteroatoms. The fraction of sp³-hybridized carbons (Fsp3) is 0.308. The summed E-state index contributed by atoms with van der Waals surface area (Å²) in [6.07, 6.45) is 2.81. The van der Waals surface area contributed by atoms with Gasteiger partial charge in [-0.25, -0.2) is 9.97 Å². The van der Waals surface area contributed by atoms with Crippen molar-refractivity contribution in [1.29, 1.82) is 0 Å². The number of esters is 1. The summed E-state index contributed by atoms with van der Waals surface area (Å²) < 4.78 is 4.60. The summed E-state index contributed by atoms with van der Waals surface area (Å²) >= 11 is 1.64. The molecule has 0 fully saturated rings. The van der Waals surface area contributed by atoms with E-state index in [1.807, 2.05) is 24.3 Å². The zero-order chi connectivity index (χ0) is 12.8. The van der Waals surface area contributed by atoms with Crippen LogP contribution >= 0.6 is 11.8 Å². The number of fused-ring (bicyclic) bond motifs is 1. The van der Waals surface area contributed by atoms with E-state index in [2.05, 4.69) is 14.7 Å². The second-order valence-electron chi connectivity index (χ2n) is 3.72. The molecule has 0 atom stereocenters. The molecule has 2 rings (SSSR count). The average molecular weight is 262 g/mol. The maximum atomic E-state index is 11.0. The van der Waals surface area contributed by atoms with E-state index in [9.17, 15) is 4.79 Å². The molecule has 0 aliphatic rings. The number of hydrogen-bond donors (Lipinski definition) is 0. The van der Waals surface area contributed by atoms with E-state index in [0.717, 1.165) is 28.1 Å². The number of methoxy groups -OCH3 is 1. The minimum Gasteiger partial charge on any atom is -0.469 e. The van der Waals surface area contributed by atoms with Gasteiger partial charge in [-0.3, -0.25) is 4.79 Å². The van der Waals surface area contributed by atoms with Crippen LogP contribution in [0.15, 0.2) is 35.6 Å². The van der Waals surface area contributed by atoms with Gasteiger partial charge < -0.3 is 4.74 Å². The van der Waals surface area contributed by atoms with Crippen molar-refractivity contribution in [2.75, 3.05) is 12.9 Å². The summed E-state index contributed by atoms with van der Waals surface area (Å²) in [7, 11) is 1.41. The molecular weight excluding hydrogens is 248 g/mol. The largest absolute Gasteiger partial charge is 0.469 e. The smallest absolute Gasteiger partial charge is 0.305 e. The van der Waals surface area contributed by atoms with Crippen molar-refractivity contribution in [3.63, 3.8) is 0 Å². The van der Waals surface area contributed by atoms with Gasteiger partial charge in [0.1, 0.15) is 11.4 Å². The molecule has 0 amide bonds. The third-order valence-electron chi connectivity index (χ3n) is 2.50. The van der Waals surface area contributed by atoms with E-state index in [1.54, 1.807) is 18.1 Å². The van der Waals surface area contributed by atoms with Crippen LogP contribution in [-0.2, 0) is 9.53 Å². The first-order chi connectivity index (χ1) is 8.81. The highest BCUT2D eigenvalue weighted by Gasteiger charge is 2.04. The van der Waals surface area contributed by atoms with Crippen molar-refractivity contribution in [2.24, 2.45) is 0 Å². The van der Waals surface area contributed by atoms with Gasteiger partial charge in [-0.05, 0) is 12.5 Å². The van der Waals surface area contributed by atoms with Gasteiger partial charge in [0, 0.05) is 17.6 Å². The monoisotopic (exact) mass is 262 g/mol. The summed E-state index contributed by atoms with van der Waals surface area (Å²) in [6, 6.07) is 7.92.